The Labute approximate surface area is 87.1 Å². The van der Waals surface area contributed by atoms with Crippen LogP contribution in [-0.4, -0.2) is 21.3 Å². The molecule has 0 saturated heterocycles. The van der Waals surface area contributed by atoms with Gasteiger partial charge < -0.3 is 15.3 Å². The van der Waals surface area contributed by atoms with Gasteiger partial charge in [0.25, 0.3) is 0 Å². The summed E-state index contributed by atoms with van der Waals surface area (Å²) in [7, 11) is 0. The van der Waals surface area contributed by atoms with Crippen molar-refractivity contribution in [2.75, 3.05) is 0 Å². The average molecular weight is 208 g/mol. The van der Waals surface area contributed by atoms with Crippen LogP contribution in [0.15, 0.2) is 24.3 Å². The predicted molar refractivity (Wildman–Crippen MR) is 55.0 cm³/mol. The van der Waals surface area contributed by atoms with Crippen molar-refractivity contribution < 1.29 is 20.1 Å². The van der Waals surface area contributed by atoms with E-state index < -0.39 is 5.97 Å². The van der Waals surface area contributed by atoms with E-state index in [9.17, 15) is 4.79 Å². The molecule has 0 aliphatic heterocycles. The van der Waals surface area contributed by atoms with E-state index >= 15 is 0 Å². The molecule has 1 aromatic carbocycles. The minimum atomic E-state index is -1.02. The summed E-state index contributed by atoms with van der Waals surface area (Å²) >= 11 is 0. The molecule has 0 heterocycles. The SMILES string of the molecule is O=C(O)/C=C/c1ccc(CO)c(CO)c1. The highest BCUT2D eigenvalue weighted by Crippen LogP contribution is 2.13. The molecule has 0 unspecified atom stereocenters. The second-order valence-electron chi connectivity index (χ2n) is 3.02. The van der Waals surface area contributed by atoms with E-state index in [1.807, 2.05) is 0 Å². The maximum Gasteiger partial charge on any atom is 0.328 e. The molecule has 0 aliphatic carbocycles. The van der Waals surface area contributed by atoms with Gasteiger partial charge in [-0.2, -0.15) is 0 Å². The first-order valence-electron chi connectivity index (χ1n) is 4.42. The minimum Gasteiger partial charge on any atom is -0.478 e. The Kier molecular flexibility index (Phi) is 4.03. The second kappa shape index (κ2) is 5.29. The number of carbonyl (C=O) groups is 1. The van der Waals surface area contributed by atoms with E-state index in [4.69, 9.17) is 15.3 Å². The molecule has 80 valence electrons. The Hall–Kier alpha value is -1.65. The number of carboxylic acids is 1. The molecule has 0 radical (unpaired) electrons. The Morgan fingerprint density at radius 2 is 1.87 bits per heavy atom. The Balaban J connectivity index is 2.97. The van der Waals surface area contributed by atoms with Crippen molar-refractivity contribution in [2.45, 2.75) is 13.2 Å². The quantitative estimate of drug-likeness (QED) is 0.638. The van der Waals surface area contributed by atoms with Gasteiger partial charge in [0.2, 0.25) is 0 Å². The van der Waals surface area contributed by atoms with E-state index in [2.05, 4.69) is 0 Å². The molecule has 15 heavy (non-hydrogen) atoms. The van der Waals surface area contributed by atoms with Crippen molar-refractivity contribution in [3.05, 3.63) is 41.0 Å². The van der Waals surface area contributed by atoms with Crippen LogP contribution in [0.1, 0.15) is 16.7 Å². The lowest BCUT2D eigenvalue weighted by atomic mass is 10.0. The maximum atomic E-state index is 10.3. The monoisotopic (exact) mass is 208 g/mol. The van der Waals surface area contributed by atoms with E-state index in [0.29, 0.717) is 16.7 Å². The van der Waals surface area contributed by atoms with Gasteiger partial charge in [-0.1, -0.05) is 12.1 Å². The lowest BCUT2D eigenvalue weighted by molar-refractivity contribution is -0.131. The number of rotatable bonds is 4. The number of carboxylic acid groups (broad SMARTS) is 1. The average Bonchev–Trinajstić information content (AvgIpc) is 2.25. The number of aliphatic carboxylic acids is 1. The third-order valence-corrected chi connectivity index (χ3v) is 1.99. The van der Waals surface area contributed by atoms with Gasteiger partial charge in [0.1, 0.15) is 0 Å². The molecule has 0 fully saturated rings. The van der Waals surface area contributed by atoms with Crippen LogP contribution in [0.4, 0.5) is 0 Å². The van der Waals surface area contributed by atoms with Gasteiger partial charge >= 0.3 is 5.97 Å². The highest BCUT2D eigenvalue weighted by molar-refractivity contribution is 5.85. The first kappa shape index (κ1) is 11.4. The fourth-order valence-corrected chi connectivity index (χ4v) is 1.22. The van der Waals surface area contributed by atoms with E-state index in [-0.39, 0.29) is 13.2 Å². The molecule has 0 aliphatic rings. The van der Waals surface area contributed by atoms with Crippen molar-refractivity contribution >= 4 is 12.0 Å². The van der Waals surface area contributed by atoms with Crippen LogP contribution in [0, 0.1) is 0 Å². The van der Waals surface area contributed by atoms with Gasteiger partial charge in [-0.05, 0) is 28.8 Å². The predicted octanol–water partition coefficient (Wildman–Crippen LogP) is 0.769. The molecule has 3 N–H and O–H groups in total. The van der Waals surface area contributed by atoms with Crippen molar-refractivity contribution in [3.8, 4) is 0 Å². The molecule has 0 bridgehead atoms. The summed E-state index contributed by atoms with van der Waals surface area (Å²) in [6.07, 6.45) is 2.46. The number of hydrogen-bond acceptors (Lipinski definition) is 3. The van der Waals surface area contributed by atoms with Crippen molar-refractivity contribution in [2.24, 2.45) is 0 Å². The number of hydrogen-bond donors (Lipinski definition) is 3. The van der Waals surface area contributed by atoms with Crippen LogP contribution in [-0.2, 0) is 18.0 Å². The first-order chi connectivity index (χ1) is 7.17. The molecule has 1 aromatic rings. The molecule has 1 rings (SSSR count). The van der Waals surface area contributed by atoms with E-state index in [1.165, 1.54) is 6.08 Å². The van der Waals surface area contributed by atoms with E-state index in [0.717, 1.165) is 6.08 Å². The van der Waals surface area contributed by atoms with Gasteiger partial charge in [-0.25, -0.2) is 4.79 Å². The fraction of sp³-hybridized carbons (Fsp3) is 0.182. The molecule has 0 spiro atoms. The number of aliphatic hydroxyl groups is 2. The zero-order chi connectivity index (χ0) is 11.3. The molecule has 0 atom stereocenters. The van der Waals surface area contributed by atoms with Crippen LogP contribution in [0.2, 0.25) is 0 Å². The Bertz CT molecular complexity index is 382. The van der Waals surface area contributed by atoms with E-state index in [1.54, 1.807) is 18.2 Å². The number of benzene rings is 1. The van der Waals surface area contributed by atoms with Crippen LogP contribution < -0.4 is 0 Å². The standard InChI is InChI=1S/C11H12O4/c12-6-9-3-1-8(2-4-11(14)15)5-10(9)7-13/h1-5,12-13H,6-7H2,(H,14,15)/b4-2+. The zero-order valence-corrected chi connectivity index (χ0v) is 8.05. The van der Waals surface area contributed by atoms with Crippen LogP contribution >= 0.6 is 0 Å². The molecule has 4 nitrogen and oxygen atoms in total. The summed E-state index contributed by atoms with van der Waals surface area (Å²) in [6.45, 7) is -0.316. The van der Waals surface area contributed by atoms with Crippen molar-refractivity contribution in [1.82, 2.24) is 0 Å². The summed E-state index contributed by atoms with van der Waals surface area (Å²) < 4.78 is 0. The fourth-order valence-electron chi connectivity index (χ4n) is 1.22. The summed E-state index contributed by atoms with van der Waals surface area (Å²) in [4.78, 5) is 10.3. The first-order valence-corrected chi connectivity index (χ1v) is 4.42. The third kappa shape index (κ3) is 3.19. The van der Waals surface area contributed by atoms with Crippen LogP contribution in [0.3, 0.4) is 0 Å². The Morgan fingerprint density at radius 1 is 1.20 bits per heavy atom. The summed E-state index contributed by atoms with van der Waals surface area (Å²) in [6, 6.07) is 4.99. The maximum absolute atomic E-state index is 10.3. The topological polar surface area (TPSA) is 77.8 Å². The normalized spacial score (nSPS) is 10.8. The van der Waals surface area contributed by atoms with Gasteiger partial charge in [-0.15, -0.1) is 0 Å². The largest absolute Gasteiger partial charge is 0.478 e. The molecule has 4 heteroatoms. The third-order valence-electron chi connectivity index (χ3n) is 1.99. The molecule has 0 aromatic heterocycles. The summed E-state index contributed by atoms with van der Waals surface area (Å²) in [5, 5.41) is 26.4. The Morgan fingerprint density at radius 3 is 2.40 bits per heavy atom. The van der Waals surface area contributed by atoms with Gasteiger partial charge in [0.15, 0.2) is 0 Å². The second-order valence-corrected chi connectivity index (χ2v) is 3.02. The molecule has 0 saturated carbocycles. The molecular formula is C11H12O4. The summed E-state index contributed by atoms with van der Waals surface area (Å²) in [5.41, 5.74) is 1.92. The highest BCUT2D eigenvalue weighted by atomic mass is 16.4. The smallest absolute Gasteiger partial charge is 0.328 e. The lowest BCUT2D eigenvalue weighted by Crippen LogP contribution is -1.94. The number of aliphatic hydroxyl groups excluding tert-OH is 2. The van der Waals surface area contributed by atoms with Crippen LogP contribution in [0.25, 0.3) is 6.08 Å². The lowest BCUT2D eigenvalue weighted by Gasteiger charge is -2.05. The van der Waals surface area contributed by atoms with Crippen LogP contribution in [0.5, 0.6) is 0 Å². The highest BCUT2D eigenvalue weighted by Gasteiger charge is 2.00. The zero-order valence-electron chi connectivity index (χ0n) is 8.05. The summed E-state index contributed by atoms with van der Waals surface area (Å²) in [5.74, 6) is -1.02. The van der Waals surface area contributed by atoms with Gasteiger partial charge in [0, 0.05) is 6.08 Å². The molecule has 0 amide bonds. The van der Waals surface area contributed by atoms with Crippen molar-refractivity contribution in [3.63, 3.8) is 0 Å². The van der Waals surface area contributed by atoms with Gasteiger partial charge in [0.05, 0.1) is 13.2 Å². The minimum absolute atomic E-state index is 0.140. The van der Waals surface area contributed by atoms with Crippen molar-refractivity contribution in [1.29, 1.82) is 0 Å². The molecular weight excluding hydrogens is 196 g/mol. The van der Waals surface area contributed by atoms with Gasteiger partial charge in [-0.3, -0.25) is 0 Å².